The van der Waals surface area contributed by atoms with Gasteiger partial charge in [-0.1, -0.05) is 0 Å². The number of phenols is 1. The van der Waals surface area contributed by atoms with Crippen LogP contribution in [-0.2, 0) is 6.54 Å². The number of nitrogens with one attached hydrogen (secondary N) is 2. The van der Waals surface area contributed by atoms with Crippen molar-refractivity contribution < 1.29 is 18.8 Å². The van der Waals surface area contributed by atoms with Crippen LogP contribution in [0.25, 0.3) is 0 Å². The van der Waals surface area contributed by atoms with E-state index in [1.807, 2.05) is 6.07 Å². The van der Waals surface area contributed by atoms with Crippen molar-refractivity contribution in [2.75, 3.05) is 18.5 Å². The molecule has 0 atom stereocenters. The van der Waals surface area contributed by atoms with Crippen molar-refractivity contribution in [1.29, 1.82) is 0 Å². The first kappa shape index (κ1) is 18.3. The highest BCUT2D eigenvalue weighted by atomic mass is 19.1. The van der Waals surface area contributed by atoms with E-state index in [0.29, 0.717) is 5.71 Å². The fourth-order valence-corrected chi connectivity index (χ4v) is 3.24. The Morgan fingerprint density at radius 3 is 2.62 bits per heavy atom. The number of phenolic OH excluding ortho intramolecular Hbond substituents is 1. The van der Waals surface area contributed by atoms with Crippen LogP contribution in [0.15, 0.2) is 41.5 Å². The zero-order valence-electron chi connectivity index (χ0n) is 14.9. The molecule has 6 heteroatoms. The maximum atomic E-state index is 13.7. The highest BCUT2D eigenvalue weighted by Crippen LogP contribution is 2.19. The number of hydrogen-bond donors (Lipinski definition) is 3. The average Bonchev–Trinajstić information content (AvgIpc) is 2.63. The van der Waals surface area contributed by atoms with Crippen LogP contribution < -0.4 is 10.3 Å². The van der Waals surface area contributed by atoms with Gasteiger partial charge in [-0.05, 0) is 62.1 Å². The molecule has 0 saturated carbocycles. The maximum absolute atomic E-state index is 13.7. The number of rotatable bonds is 5. The van der Waals surface area contributed by atoms with Gasteiger partial charge in [0, 0.05) is 11.6 Å². The van der Waals surface area contributed by atoms with Gasteiger partial charge in [0.15, 0.2) is 5.82 Å². The van der Waals surface area contributed by atoms with E-state index in [0.717, 1.165) is 36.8 Å². The molecule has 0 aliphatic carbocycles. The predicted octanol–water partition coefficient (Wildman–Crippen LogP) is 3.08. The molecule has 3 rings (SSSR count). The van der Waals surface area contributed by atoms with E-state index in [2.05, 4.69) is 10.5 Å². The SMILES string of the molecule is C/C(=N\Nc1ccc(F)cc1F)c1ccc(O)c(C[NH+]2CCCCC2)c1. The van der Waals surface area contributed by atoms with Crippen LogP contribution in [0.4, 0.5) is 14.5 Å². The molecule has 1 fully saturated rings. The van der Waals surface area contributed by atoms with Crippen LogP contribution >= 0.6 is 0 Å². The molecule has 4 nitrogen and oxygen atoms in total. The number of quaternary nitrogens is 1. The van der Waals surface area contributed by atoms with Crippen LogP contribution in [0, 0.1) is 11.6 Å². The van der Waals surface area contributed by atoms with Crippen molar-refractivity contribution >= 4 is 11.4 Å². The minimum absolute atomic E-state index is 0.113. The van der Waals surface area contributed by atoms with Crippen molar-refractivity contribution in [1.82, 2.24) is 0 Å². The second kappa shape index (κ2) is 8.27. The molecule has 1 aliphatic rings. The van der Waals surface area contributed by atoms with Gasteiger partial charge in [-0.15, -0.1) is 0 Å². The minimum Gasteiger partial charge on any atom is -0.507 e. The Morgan fingerprint density at radius 1 is 1.12 bits per heavy atom. The van der Waals surface area contributed by atoms with Gasteiger partial charge in [0.2, 0.25) is 0 Å². The molecule has 0 aromatic heterocycles. The fraction of sp³-hybridized carbons (Fsp3) is 0.350. The van der Waals surface area contributed by atoms with E-state index in [-0.39, 0.29) is 11.4 Å². The zero-order valence-corrected chi connectivity index (χ0v) is 14.9. The van der Waals surface area contributed by atoms with Crippen LogP contribution in [0.5, 0.6) is 5.75 Å². The van der Waals surface area contributed by atoms with Gasteiger partial charge in [0.25, 0.3) is 0 Å². The van der Waals surface area contributed by atoms with Crippen molar-refractivity contribution in [2.24, 2.45) is 5.10 Å². The van der Waals surface area contributed by atoms with Crippen LogP contribution in [0.2, 0.25) is 0 Å². The lowest BCUT2D eigenvalue weighted by molar-refractivity contribution is -0.918. The summed E-state index contributed by atoms with van der Waals surface area (Å²) in [6, 6.07) is 8.68. The second-order valence-electron chi connectivity index (χ2n) is 6.76. The fourth-order valence-electron chi connectivity index (χ4n) is 3.24. The lowest BCUT2D eigenvalue weighted by Gasteiger charge is -2.24. The van der Waals surface area contributed by atoms with Crippen LogP contribution in [-0.4, -0.2) is 23.9 Å². The van der Waals surface area contributed by atoms with E-state index in [4.69, 9.17) is 0 Å². The first-order valence-electron chi connectivity index (χ1n) is 8.94. The van der Waals surface area contributed by atoms with Gasteiger partial charge >= 0.3 is 0 Å². The number of benzene rings is 2. The van der Waals surface area contributed by atoms with Gasteiger partial charge in [-0.25, -0.2) is 8.78 Å². The molecule has 138 valence electrons. The Bertz CT molecular complexity index is 802. The molecule has 0 spiro atoms. The predicted molar refractivity (Wildman–Crippen MR) is 98.6 cm³/mol. The Kier molecular flexibility index (Phi) is 5.83. The Morgan fingerprint density at radius 2 is 1.88 bits per heavy atom. The topological polar surface area (TPSA) is 49.1 Å². The van der Waals surface area contributed by atoms with E-state index in [1.54, 1.807) is 19.1 Å². The molecule has 3 N–H and O–H groups in total. The van der Waals surface area contributed by atoms with Crippen LogP contribution in [0.3, 0.4) is 0 Å². The van der Waals surface area contributed by atoms with Gasteiger partial charge in [0.1, 0.15) is 18.1 Å². The average molecular weight is 360 g/mol. The van der Waals surface area contributed by atoms with Gasteiger partial charge < -0.3 is 10.0 Å². The third-order valence-corrected chi connectivity index (χ3v) is 4.77. The summed E-state index contributed by atoms with van der Waals surface area (Å²) in [5.74, 6) is -1.03. The van der Waals surface area contributed by atoms with E-state index in [1.165, 1.54) is 36.3 Å². The molecule has 2 aromatic rings. The van der Waals surface area contributed by atoms with Crippen molar-refractivity contribution in [3.05, 3.63) is 59.2 Å². The van der Waals surface area contributed by atoms with Crippen molar-refractivity contribution in [3.8, 4) is 5.75 Å². The molecule has 1 saturated heterocycles. The molecule has 1 heterocycles. The Labute approximate surface area is 152 Å². The molecule has 26 heavy (non-hydrogen) atoms. The first-order valence-corrected chi connectivity index (χ1v) is 8.94. The summed E-state index contributed by atoms with van der Waals surface area (Å²) >= 11 is 0. The number of hydrogen-bond acceptors (Lipinski definition) is 3. The quantitative estimate of drug-likeness (QED) is 0.567. The summed E-state index contributed by atoms with van der Waals surface area (Å²) in [5.41, 5.74) is 5.14. The molecular formula is C20H24F2N3O+. The van der Waals surface area contributed by atoms with Gasteiger partial charge in [-0.3, -0.25) is 5.43 Å². The Balaban J connectivity index is 1.73. The first-order chi connectivity index (χ1) is 12.5. The summed E-state index contributed by atoms with van der Waals surface area (Å²) in [6.07, 6.45) is 3.74. The second-order valence-corrected chi connectivity index (χ2v) is 6.76. The highest BCUT2D eigenvalue weighted by molar-refractivity contribution is 5.99. The lowest BCUT2D eigenvalue weighted by atomic mass is 10.0. The molecule has 2 aromatic carbocycles. The lowest BCUT2D eigenvalue weighted by Crippen LogP contribution is -3.11. The monoisotopic (exact) mass is 360 g/mol. The maximum Gasteiger partial charge on any atom is 0.151 e. The summed E-state index contributed by atoms with van der Waals surface area (Å²) < 4.78 is 26.6. The highest BCUT2D eigenvalue weighted by Gasteiger charge is 2.16. The van der Waals surface area contributed by atoms with Gasteiger partial charge in [-0.2, -0.15) is 5.10 Å². The normalized spacial score (nSPS) is 15.9. The molecule has 0 bridgehead atoms. The summed E-state index contributed by atoms with van der Waals surface area (Å²) in [6.45, 7) is 4.84. The number of hydrazone groups is 1. The molecule has 1 aliphatic heterocycles. The van der Waals surface area contributed by atoms with Crippen molar-refractivity contribution in [3.63, 3.8) is 0 Å². The van der Waals surface area contributed by atoms with Crippen molar-refractivity contribution in [2.45, 2.75) is 32.7 Å². The molecule has 0 radical (unpaired) electrons. The molecular weight excluding hydrogens is 336 g/mol. The Hall–Kier alpha value is -2.47. The molecule has 0 amide bonds. The molecule has 0 unspecified atom stereocenters. The number of anilines is 1. The van der Waals surface area contributed by atoms with Crippen LogP contribution in [0.1, 0.15) is 37.3 Å². The van der Waals surface area contributed by atoms with E-state index < -0.39 is 11.6 Å². The van der Waals surface area contributed by atoms with E-state index >= 15 is 0 Å². The number of aromatic hydroxyl groups is 1. The zero-order chi connectivity index (χ0) is 18.5. The number of halogens is 2. The number of nitrogens with zero attached hydrogens (tertiary/aromatic N) is 1. The third kappa shape index (κ3) is 4.58. The smallest absolute Gasteiger partial charge is 0.151 e. The van der Waals surface area contributed by atoms with Gasteiger partial charge in [0.05, 0.1) is 24.5 Å². The number of piperidine rings is 1. The summed E-state index contributed by atoms with van der Waals surface area (Å²) in [7, 11) is 0. The third-order valence-electron chi connectivity index (χ3n) is 4.77. The largest absolute Gasteiger partial charge is 0.507 e. The summed E-state index contributed by atoms with van der Waals surface area (Å²) in [5, 5.41) is 14.4. The number of likely N-dealkylation sites (tertiary alicyclic amines) is 1. The summed E-state index contributed by atoms with van der Waals surface area (Å²) in [4.78, 5) is 1.48. The standard InChI is InChI=1S/C20H23F2N3O/c1-14(23-24-19-7-6-17(21)12-18(19)22)15-5-8-20(26)16(11-15)13-25-9-3-2-4-10-25/h5-8,11-12,24,26H,2-4,9-10,13H2,1H3/p+1/b23-14+. The minimum atomic E-state index is -0.693. The van der Waals surface area contributed by atoms with E-state index in [9.17, 15) is 13.9 Å².